The van der Waals surface area contributed by atoms with Gasteiger partial charge in [0.2, 0.25) is 5.91 Å². The van der Waals surface area contributed by atoms with Gasteiger partial charge >= 0.3 is 6.03 Å². The number of carbonyl (C=O) groups is 2. The van der Waals surface area contributed by atoms with E-state index >= 15 is 0 Å². The van der Waals surface area contributed by atoms with E-state index in [1.165, 1.54) is 0 Å². The number of carbonyl (C=O) groups excluding carboxylic acids is 2. The molecule has 1 heterocycles. The molecule has 0 saturated carbocycles. The summed E-state index contributed by atoms with van der Waals surface area (Å²) in [6.45, 7) is 2.42. The second-order valence-electron chi connectivity index (χ2n) is 6.90. The van der Waals surface area contributed by atoms with E-state index in [0.717, 1.165) is 16.8 Å². The molecule has 1 aliphatic rings. The molecule has 4 rings (SSSR count). The first kappa shape index (κ1) is 19.4. The van der Waals surface area contributed by atoms with Gasteiger partial charge in [-0.1, -0.05) is 48.5 Å². The molecule has 3 N–H and O–H groups in total. The van der Waals surface area contributed by atoms with Crippen LogP contribution in [0.5, 0.6) is 0 Å². The molecule has 0 aliphatic carbocycles. The van der Waals surface area contributed by atoms with E-state index in [-0.39, 0.29) is 11.9 Å². The quantitative estimate of drug-likeness (QED) is 0.545. The lowest BCUT2D eigenvalue weighted by molar-refractivity contribution is -0.115. The Labute approximate surface area is 175 Å². The van der Waals surface area contributed by atoms with E-state index < -0.39 is 5.92 Å². The predicted molar refractivity (Wildman–Crippen MR) is 120 cm³/mol. The SMILES string of the molecule is CCNC(=O)Nc1ccc(N=C(c2ccccc2)C2C(=O)Nc3ccccc32)cc1. The molecule has 1 unspecified atom stereocenters. The number of nitrogens with one attached hydrogen (secondary N) is 3. The molecule has 0 radical (unpaired) electrons. The fourth-order valence-corrected chi connectivity index (χ4v) is 3.48. The number of rotatable bonds is 5. The maximum Gasteiger partial charge on any atom is 0.319 e. The molecule has 150 valence electrons. The van der Waals surface area contributed by atoms with Gasteiger partial charge in [0.15, 0.2) is 0 Å². The van der Waals surface area contributed by atoms with Crippen molar-refractivity contribution < 1.29 is 9.59 Å². The number of amides is 3. The van der Waals surface area contributed by atoms with Crippen LogP contribution in [0.25, 0.3) is 0 Å². The van der Waals surface area contributed by atoms with Crippen molar-refractivity contribution in [2.24, 2.45) is 4.99 Å². The molecule has 0 bridgehead atoms. The fourth-order valence-electron chi connectivity index (χ4n) is 3.48. The molecule has 0 fully saturated rings. The van der Waals surface area contributed by atoms with Crippen molar-refractivity contribution in [1.82, 2.24) is 5.32 Å². The molecule has 30 heavy (non-hydrogen) atoms. The van der Waals surface area contributed by atoms with E-state index in [1.807, 2.05) is 73.7 Å². The molecular weight excluding hydrogens is 376 g/mol. The first-order valence-electron chi connectivity index (χ1n) is 9.84. The number of urea groups is 1. The summed E-state index contributed by atoms with van der Waals surface area (Å²) in [7, 11) is 0. The number of nitrogens with zero attached hydrogens (tertiary/aromatic N) is 1. The van der Waals surface area contributed by atoms with E-state index in [9.17, 15) is 9.59 Å². The predicted octanol–water partition coefficient (Wildman–Crippen LogP) is 4.68. The number of hydrogen-bond donors (Lipinski definition) is 3. The number of benzene rings is 3. The summed E-state index contributed by atoms with van der Waals surface area (Å²) in [5.41, 5.74) is 4.68. The van der Waals surface area contributed by atoms with Crippen molar-refractivity contribution in [2.45, 2.75) is 12.8 Å². The van der Waals surface area contributed by atoms with E-state index in [4.69, 9.17) is 4.99 Å². The Morgan fingerprint density at radius 3 is 2.40 bits per heavy atom. The third kappa shape index (κ3) is 4.07. The largest absolute Gasteiger partial charge is 0.338 e. The number of para-hydroxylation sites is 1. The first-order valence-corrected chi connectivity index (χ1v) is 9.84. The minimum absolute atomic E-state index is 0.0895. The van der Waals surface area contributed by atoms with Crippen LogP contribution >= 0.6 is 0 Å². The molecule has 6 nitrogen and oxygen atoms in total. The molecule has 3 aromatic rings. The lowest BCUT2D eigenvalue weighted by Crippen LogP contribution is -2.28. The standard InChI is InChI=1S/C24H22N4O2/c1-2-25-24(30)27-18-14-12-17(13-15-18)26-22(16-8-4-3-5-9-16)21-19-10-6-7-11-20(19)28-23(21)29/h3-15,21H,2H2,1H3,(H,28,29)(H2,25,27,30). The molecule has 1 aliphatic heterocycles. The monoisotopic (exact) mass is 398 g/mol. The average molecular weight is 398 g/mol. The zero-order valence-electron chi connectivity index (χ0n) is 16.6. The lowest BCUT2D eigenvalue weighted by Gasteiger charge is -2.14. The average Bonchev–Trinajstić information content (AvgIpc) is 3.09. The van der Waals surface area contributed by atoms with Gasteiger partial charge in [0.05, 0.1) is 11.4 Å². The minimum atomic E-state index is -0.489. The second-order valence-corrected chi connectivity index (χ2v) is 6.90. The Balaban J connectivity index is 1.70. The van der Waals surface area contributed by atoms with Gasteiger partial charge in [0.1, 0.15) is 5.92 Å². The highest BCUT2D eigenvalue weighted by Crippen LogP contribution is 2.36. The van der Waals surface area contributed by atoms with Crippen LogP contribution in [0, 0.1) is 0 Å². The molecule has 3 aromatic carbocycles. The topological polar surface area (TPSA) is 82.6 Å². The summed E-state index contributed by atoms with van der Waals surface area (Å²) in [4.78, 5) is 29.4. The van der Waals surface area contributed by atoms with Gasteiger partial charge in [0, 0.05) is 17.9 Å². The summed E-state index contributed by atoms with van der Waals surface area (Å²) in [6, 6.07) is 24.4. The van der Waals surface area contributed by atoms with Gasteiger partial charge in [-0.25, -0.2) is 4.79 Å². The highest BCUT2D eigenvalue weighted by atomic mass is 16.2. The molecular formula is C24H22N4O2. The van der Waals surface area contributed by atoms with Gasteiger partial charge in [-0.05, 0) is 48.4 Å². The molecule has 6 heteroatoms. The maximum atomic E-state index is 12.8. The summed E-state index contributed by atoms with van der Waals surface area (Å²) in [6.07, 6.45) is 0. The molecule has 0 saturated heterocycles. The van der Waals surface area contributed by atoms with Gasteiger partial charge < -0.3 is 16.0 Å². The maximum absolute atomic E-state index is 12.8. The summed E-state index contributed by atoms with van der Waals surface area (Å²) in [5.74, 6) is -0.579. The van der Waals surface area contributed by atoms with Crippen molar-refractivity contribution >= 4 is 34.7 Å². The Kier molecular flexibility index (Phi) is 5.57. The van der Waals surface area contributed by atoms with Crippen LogP contribution in [-0.4, -0.2) is 24.2 Å². The van der Waals surface area contributed by atoms with Crippen LogP contribution in [0.1, 0.15) is 24.0 Å². The third-order valence-corrected chi connectivity index (χ3v) is 4.85. The van der Waals surface area contributed by atoms with Gasteiger partial charge in [-0.2, -0.15) is 0 Å². The number of fused-ring (bicyclic) bond motifs is 1. The molecule has 1 atom stereocenters. The van der Waals surface area contributed by atoms with Crippen LogP contribution in [0.15, 0.2) is 83.9 Å². The number of hydrogen-bond acceptors (Lipinski definition) is 3. The van der Waals surface area contributed by atoms with Crippen LogP contribution in [0.3, 0.4) is 0 Å². The minimum Gasteiger partial charge on any atom is -0.338 e. The number of anilines is 2. The normalized spacial score (nSPS) is 15.3. The van der Waals surface area contributed by atoms with Gasteiger partial charge in [0.25, 0.3) is 0 Å². The summed E-state index contributed by atoms with van der Waals surface area (Å²) in [5, 5.41) is 8.41. The van der Waals surface area contributed by atoms with Gasteiger partial charge in [-0.3, -0.25) is 9.79 Å². The first-order chi connectivity index (χ1) is 14.7. The van der Waals surface area contributed by atoms with Crippen LogP contribution < -0.4 is 16.0 Å². The summed E-state index contributed by atoms with van der Waals surface area (Å²) >= 11 is 0. The Morgan fingerprint density at radius 1 is 0.967 bits per heavy atom. The Hall–Kier alpha value is -3.93. The third-order valence-electron chi connectivity index (χ3n) is 4.85. The molecule has 0 spiro atoms. The number of aliphatic imine (C=N–C) groups is 1. The van der Waals surface area contributed by atoms with Crippen LogP contribution in [-0.2, 0) is 4.79 Å². The van der Waals surface area contributed by atoms with Gasteiger partial charge in [-0.15, -0.1) is 0 Å². The Bertz CT molecular complexity index is 1090. The molecule has 0 aromatic heterocycles. The zero-order valence-corrected chi connectivity index (χ0v) is 16.6. The van der Waals surface area contributed by atoms with E-state index in [1.54, 1.807) is 12.1 Å². The lowest BCUT2D eigenvalue weighted by atomic mass is 9.90. The van der Waals surface area contributed by atoms with Crippen molar-refractivity contribution in [3.8, 4) is 0 Å². The van der Waals surface area contributed by atoms with Crippen molar-refractivity contribution in [1.29, 1.82) is 0 Å². The van der Waals surface area contributed by atoms with Crippen molar-refractivity contribution in [2.75, 3.05) is 17.2 Å². The Morgan fingerprint density at radius 2 is 1.67 bits per heavy atom. The van der Waals surface area contributed by atoms with Crippen LogP contribution in [0.4, 0.5) is 21.9 Å². The van der Waals surface area contributed by atoms with Crippen molar-refractivity contribution in [3.05, 3.63) is 90.0 Å². The summed E-state index contributed by atoms with van der Waals surface area (Å²) < 4.78 is 0. The van der Waals surface area contributed by atoms with Crippen molar-refractivity contribution in [3.63, 3.8) is 0 Å². The van der Waals surface area contributed by atoms with Crippen LogP contribution in [0.2, 0.25) is 0 Å². The highest BCUT2D eigenvalue weighted by molar-refractivity contribution is 6.24. The fraction of sp³-hybridized carbons (Fsp3) is 0.125. The second kappa shape index (κ2) is 8.61. The smallest absolute Gasteiger partial charge is 0.319 e. The zero-order chi connectivity index (χ0) is 20.9. The van der Waals surface area contributed by atoms with E-state index in [0.29, 0.717) is 23.6 Å². The molecule has 3 amide bonds. The highest BCUT2D eigenvalue weighted by Gasteiger charge is 2.35. The van der Waals surface area contributed by atoms with E-state index in [2.05, 4.69) is 16.0 Å².